The first-order chi connectivity index (χ1) is 9.09. The molecular weight excluding hydrogens is 240 g/mol. The number of hydrogen-bond acceptors (Lipinski definition) is 3. The minimum absolute atomic E-state index is 0.0814. The summed E-state index contributed by atoms with van der Waals surface area (Å²) in [4.78, 5) is 27.9. The molecule has 4 heteroatoms. The van der Waals surface area contributed by atoms with Crippen molar-refractivity contribution < 1.29 is 9.59 Å². The van der Waals surface area contributed by atoms with Gasteiger partial charge in [-0.15, -0.1) is 0 Å². The molecule has 0 bridgehead atoms. The van der Waals surface area contributed by atoms with E-state index in [2.05, 4.69) is 0 Å². The van der Waals surface area contributed by atoms with E-state index in [-0.39, 0.29) is 17.7 Å². The maximum Gasteiger partial charge on any atom is 0.236 e. The average molecular weight is 260 g/mol. The number of hydrogen-bond donors (Lipinski definition) is 0. The second-order valence-electron chi connectivity index (χ2n) is 5.05. The molecule has 1 aromatic carbocycles. The van der Waals surface area contributed by atoms with E-state index in [0.29, 0.717) is 12.1 Å². The van der Waals surface area contributed by atoms with Gasteiger partial charge in [-0.05, 0) is 13.3 Å². The van der Waals surface area contributed by atoms with Crippen molar-refractivity contribution in [3.63, 3.8) is 0 Å². The fourth-order valence-corrected chi connectivity index (χ4v) is 2.35. The summed E-state index contributed by atoms with van der Waals surface area (Å²) in [7, 11) is 1.81. The van der Waals surface area contributed by atoms with Gasteiger partial charge < -0.3 is 4.90 Å². The first-order valence-electron chi connectivity index (χ1n) is 6.67. The molecule has 0 radical (unpaired) electrons. The zero-order valence-corrected chi connectivity index (χ0v) is 11.5. The van der Waals surface area contributed by atoms with Crippen molar-refractivity contribution in [3.05, 3.63) is 35.9 Å². The van der Waals surface area contributed by atoms with E-state index >= 15 is 0 Å². The second kappa shape index (κ2) is 5.97. The van der Waals surface area contributed by atoms with Crippen molar-refractivity contribution >= 4 is 11.7 Å². The lowest BCUT2D eigenvalue weighted by atomic mass is 10.0. The molecule has 1 fully saturated rings. The van der Waals surface area contributed by atoms with E-state index in [1.807, 2.05) is 49.2 Å². The smallest absolute Gasteiger partial charge is 0.236 e. The number of amides is 1. The Morgan fingerprint density at radius 1 is 1.21 bits per heavy atom. The summed E-state index contributed by atoms with van der Waals surface area (Å²) in [5.41, 5.74) is 0.708. The van der Waals surface area contributed by atoms with Crippen LogP contribution in [0, 0.1) is 0 Å². The Morgan fingerprint density at radius 2 is 1.89 bits per heavy atom. The summed E-state index contributed by atoms with van der Waals surface area (Å²) < 4.78 is 0. The van der Waals surface area contributed by atoms with Crippen LogP contribution in [0.1, 0.15) is 23.7 Å². The normalized spacial score (nSPS) is 19.1. The molecular formula is C15H20N2O2. The van der Waals surface area contributed by atoms with Gasteiger partial charge in [0.1, 0.15) is 0 Å². The third-order valence-electron chi connectivity index (χ3n) is 3.69. The van der Waals surface area contributed by atoms with E-state index in [1.54, 1.807) is 4.90 Å². The Labute approximate surface area is 114 Å². The highest BCUT2D eigenvalue weighted by Gasteiger charge is 2.27. The molecule has 1 unspecified atom stereocenters. The molecule has 102 valence electrons. The van der Waals surface area contributed by atoms with Crippen molar-refractivity contribution in [1.29, 1.82) is 0 Å². The van der Waals surface area contributed by atoms with Gasteiger partial charge in [0, 0.05) is 25.7 Å². The van der Waals surface area contributed by atoms with Crippen LogP contribution in [-0.4, -0.2) is 54.2 Å². The van der Waals surface area contributed by atoms with Crippen LogP contribution in [0.5, 0.6) is 0 Å². The molecule has 0 N–H and O–H groups in total. The molecule has 19 heavy (non-hydrogen) atoms. The minimum Gasteiger partial charge on any atom is -0.345 e. The SMILES string of the molecule is CC(C(=O)c1ccccc1)N1CCCN(C)C(=O)C1. The average Bonchev–Trinajstić information content (AvgIpc) is 2.60. The highest BCUT2D eigenvalue weighted by molar-refractivity contribution is 6.00. The van der Waals surface area contributed by atoms with Gasteiger partial charge >= 0.3 is 0 Å². The van der Waals surface area contributed by atoms with Gasteiger partial charge in [0.05, 0.1) is 12.6 Å². The minimum atomic E-state index is -0.252. The highest BCUT2D eigenvalue weighted by atomic mass is 16.2. The van der Waals surface area contributed by atoms with Crippen molar-refractivity contribution in [2.75, 3.05) is 26.7 Å². The molecule has 4 nitrogen and oxygen atoms in total. The molecule has 1 saturated heterocycles. The largest absolute Gasteiger partial charge is 0.345 e. The molecule has 1 aliphatic heterocycles. The van der Waals surface area contributed by atoms with Crippen LogP contribution in [0.2, 0.25) is 0 Å². The fourth-order valence-electron chi connectivity index (χ4n) is 2.35. The highest BCUT2D eigenvalue weighted by Crippen LogP contribution is 2.12. The van der Waals surface area contributed by atoms with Crippen LogP contribution in [0.15, 0.2) is 30.3 Å². The van der Waals surface area contributed by atoms with Gasteiger partial charge in [0.2, 0.25) is 5.91 Å². The maximum absolute atomic E-state index is 12.4. The summed E-state index contributed by atoms with van der Waals surface area (Å²) in [6.45, 7) is 3.77. The Balaban J connectivity index is 2.08. The Morgan fingerprint density at radius 3 is 2.58 bits per heavy atom. The van der Waals surface area contributed by atoms with Gasteiger partial charge in [-0.25, -0.2) is 0 Å². The van der Waals surface area contributed by atoms with E-state index in [9.17, 15) is 9.59 Å². The number of benzene rings is 1. The van der Waals surface area contributed by atoms with Crippen LogP contribution in [0.25, 0.3) is 0 Å². The number of carbonyl (C=O) groups excluding carboxylic acids is 2. The topological polar surface area (TPSA) is 40.6 Å². The molecule has 1 aromatic rings. The molecule has 0 spiro atoms. The summed E-state index contributed by atoms with van der Waals surface area (Å²) in [5, 5.41) is 0. The van der Waals surface area contributed by atoms with Gasteiger partial charge in [0.15, 0.2) is 5.78 Å². The maximum atomic E-state index is 12.4. The lowest BCUT2D eigenvalue weighted by Crippen LogP contribution is -2.43. The van der Waals surface area contributed by atoms with Crippen LogP contribution < -0.4 is 0 Å². The number of likely N-dealkylation sites (N-methyl/N-ethyl adjacent to an activating group) is 1. The van der Waals surface area contributed by atoms with Crippen LogP contribution in [0.4, 0.5) is 0 Å². The van der Waals surface area contributed by atoms with Gasteiger partial charge in [-0.1, -0.05) is 30.3 Å². The van der Waals surface area contributed by atoms with Crippen molar-refractivity contribution in [3.8, 4) is 0 Å². The van der Waals surface area contributed by atoms with E-state index in [1.165, 1.54) is 0 Å². The molecule has 1 heterocycles. The quantitative estimate of drug-likeness (QED) is 0.772. The molecule has 2 rings (SSSR count). The summed E-state index contributed by atoms with van der Waals surface area (Å²) >= 11 is 0. The van der Waals surface area contributed by atoms with Gasteiger partial charge in [-0.3, -0.25) is 14.5 Å². The van der Waals surface area contributed by atoms with Crippen molar-refractivity contribution in [2.45, 2.75) is 19.4 Å². The van der Waals surface area contributed by atoms with E-state index in [0.717, 1.165) is 19.5 Å². The summed E-state index contributed by atoms with van der Waals surface area (Å²) in [6.07, 6.45) is 0.911. The molecule has 0 aliphatic carbocycles. The molecule has 1 amide bonds. The Hall–Kier alpha value is -1.68. The number of Topliss-reactive ketones (excluding diaryl/α,β-unsaturated/α-hetero) is 1. The van der Waals surface area contributed by atoms with Gasteiger partial charge in [0.25, 0.3) is 0 Å². The predicted octanol–water partition coefficient (Wildman–Crippen LogP) is 1.42. The number of carbonyl (C=O) groups is 2. The van der Waals surface area contributed by atoms with Crippen molar-refractivity contribution in [2.24, 2.45) is 0 Å². The summed E-state index contributed by atoms with van der Waals surface area (Å²) in [5.74, 6) is 0.170. The number of rotatable bonds is 3. The van der Waals surface area contributed by atoms with Gasteiger partial charge in [-0.2, -0.15) is 0 Å². The first-order valence-corrected chi connectivity index (χ1v) is 6.67. The van der Waals surface area contributed by atoms with Crippen LogP contribution in [0.3, 0.4) is 0 Å². The number of nitrogens with zero attached hydrogens (tertiary/aromatic N) is 2. The van der Waals surface area contributed by atoms with Crippen molar-refractivity contribution in [1.82, 2.24) is 9.80 Å². The van der Waals surface area contributed by atoms with E-state index < -0.39 is 0 Å². The summed E-state index contributed by atoms with van der Waals surface area (Å²) in [6, 6.07) is 9.02. The predicted molar refractivity (Wildman–Crippen MR) is 74.1 cm³/mol. The van der Waals surface area contributed by atoms with Crippen LogP contribution >= 0.6 is 0 Å². The lowest BCUT2D eigenvalue weighted by Gasteiger charge is -2.25. The van der Waals surface area contributed by atoms with E-state index in [4.69, 9.17) is 0 Å². The third-order valence-corrected chi connectivity index (χ3v) is 3.69. The molecule has 0 aromatic heterocycles. The lowest BCUT2D eigenvalue weighted by molar-refractivity contribution is -0.130. The first kappa shape index (κ1) is 13.7. The van der Waals surface area contributed by atoms with Crippen LogP contribution in [-0.2, 0) is 4.79 Å². The Kier molecular flexibility index (Phi) is 4.32. The number of ketones is 1. The second-order valence-corrected chi connectivity index (χ2v) is 5.05. The molecule has 0 saturated carbocycles. The molecule has 1 aliphatic rings. The fraction of sp³-hybridized carbons (Fsp3) is 0.467. The molecule has 1 atom stereocenters. The zero-order valence-electron chi connectivity index (χ0n) is 11.5. The Bertz CT molecular complexity index is 458. The monoisotopic (exact) mass is 260 g/mol. The standard InChI is InChI=1S/C15H20N2O2/c1-12(15(19)13-7-4-3-5-8-13)17-10-6-9-16(2)14(18)11-17/h3-5,7-8,12H,6,9-11H2,1-2H3. The third kappa shape index (κ3) is 3.20. The zero-order chi connectivity index (χ0) is 13.8.